The lowest BCUT2D eigenvalue weighted by molar-refractivity contribution is 0.482. The molecule has 0 aromatic rings. The van der Waals surface area contributed by atoms with Crippen LogP contribution in [0.25, 0.3) is 0 Å². The van der Waals surface area contributed by atoms with Crippen LogP contribution in [0.2, 0.25) is 0 Å². The highest BCUT2D eigenvalue weighted by molar-refractivity contribution is 5.44. The van der Waals surface area contributed by atoms with Crippen molar-refractivity contribution in [1.82, 2.24) is 4.90 Å². The maximum Gasteiger partial charge on any atom is 0.0359 e. The van der Waals surface area contributed by atoms with E-state index in [-0.39, 0.29) is 0 Å². The highest BCUT2D eigenvalue weighted by Crippen LogP contribution is 2.09. The van der Waals surface area contributed by atoms with Gasteiger partial charge in [0.05, 0.1) is 0 Å². The summed E-state index contributed by atoms with van der Waals surface area (Å²) < 4.78 is 0. The number of nitrogens with zero attached hydrogens (tertiary/aromatic N) is 1. The van der Waals surface area contributed by atoms with Crippen molar-refractivity contribution in [2.24, 2.45) is 0 Å². The molecule has 1 aliphatic heterocycles. The minimum absolute atomic E-state index is 0.838. The average molecular weight is 225 g/mol. The second kappa shape index (κ2) is 6.54. The number of rotatable bonds is 0. The number of hydrogen-bond donors (Lipinski definition) is 0. The van der Waals surface area contributed by atoms with E-state index in [1.54, 1.807) is 0 Å². The van der Waals surface area contributed by atoms with E-state index >= 15 is 0 Å². The molecule has 17 heavy (non-hydrogen) atoms. The monoisotopic (exact) mass is 225 g/mol. The third-order valence-electron chi connectivity index (χ3n) is 2.52. The second-order valence-corrected chi connectivity index (χ2v) is 3.93. The lowest BCUT2D eigenvalue weighted by atomic mass is 10.1. The van der Waals surface area contributed by atoms with Crippen molar-refractivity contribution in [2.45, 2.75) is 0 Å². The van der Waals surface area contributed by atoms with Crippen molar-refractivity contribution in [1.29, 1.82) is 0 Å². The van der Waals surface area contributed by atoms with Crippen LogP contribution in [0.4, 0.5) is 0 Å². The first-order valence-electron chi connectivity index (χ1n) is 5.57. The molecule has 0 N–H and O–H groups in total. The van der Waals surface area contributed by atoms with Crippen molar-refractivity contribution in [3.05, 3.63) is 85.2 Å². The first kappa shape index (κ1) is 13.0. The SMILES string of the molecule is C=C1/C=C\C=C/CN(C)C(=C)/C=C\C=C/C1=C. The first-order valence-corrected chi connectivity index (χ1v) is 5.57. The van der Waals surface area contributed by atoms with Gasteiger partial charge in [0, 0.05) is 19.3 Å². The van der Waals surface area contributed by atoms with Crippen molar-refractivity contribution >= 4 is 0 Å². The van der Waals surface area contributed by atoms with Gasteiger partial charge in [-0.05, 0) is 17.2 Å². The maximum absolute atomic E-state index is 3.99. The third-order valence-corrected chi connectivity index (χ3v) is 2.52. The molecule has 0 saturated carbocycles. The Kier molecular flexibility index (Phi) is 5.02. The molecule has 0 spiro atoms. The van der Waals surface area contributed by atoms with E-state index in [2.05, 4.69) is 30.7 Å². The van der Waals surface area contributed by atoms with Gasteiger partial charge in [0.2, 0.25) is 0 Å². The van der Waals surface area contributed by atoms with Crippen LogP contribution in [0.5, 0.6) is 0 Å². The molecule has 0 saturated heterocycles. The van der Waals surface area contributed by atoms with Crippen molar-refractivity contribution < 1.29 is 0 Å². The Hall–Kier alpha value is -2.02. The standard InChI is InChI=1S/C16H19N/c1-14-10-6-5-9-13-17(4)16(3)12-8-7-11-15(14)2/h5-12H,1-3,13H2,4H3/b9-5-,10-6-,11-7-,12-8-. The van der Waals surface area contributed by atoms with E-state index in [0.29, 0.717) is 0 Å². The van der Waals surface area contributed by atoms with Gasteiger partial charge < -0.3 is 4.90 Å². The van der Waals surface area contributed by atoms with E-state index in [4.69, 9.17) is 0 Å². The van der Waals surface area contributed by atoms with Crippen molar-refractivity contribution in [3.8, 4) is 0 Å². The smallest absolute Gasteiger partial charge is 0.0359 e. The van der Waals surface area contributed by atoms with Gasteiger partial charge in [-0.3, -0.25) is 0 Å². The van der Waals surface area contributed by atoms with Crippen LogP contribution in [-0.2, 0) is 0 Å². The molecule has 1 aliphatic rings. The summed E-state index contributed by atoms with van der Waals surface area (Å²) in [5, 5.41) is 0. The molecule has 0 aliphatic carbocycles. The summed E-state index contributed by atoms with van der Waals surface area (Å²) in [5.74, 6) is 0. The zero-order chi connectivity index (χ0) is 12.7. The van der Waals surface area contributed by atoms with E-state index in [9.17, 15) is 0 Å². The number of allylic oxidation sites excluding steroid dienone is 9. The van der Waals surface area contributed by atoms with E-state index in [0.717, 1.165) is 23.4 Å². The molecule has 1 heteroatoms. The predicted octanol–water partition coefficient (Wildman–Crippen LogP) is 3.78. The molecule has 0 radical (unpaired) electrons. The van der Waals surface area contributed by atoms with E-state index in [1.807, 2.05) is 49.6 Å². The highest BCUT2D eigenvalue weighted by atomic mass is 15.1. The Balaban J connectivity index is 2.90. The summed E-state index contributed by atoms with van der Waals surface area (Å²) in [5.41, 5.74) is 2.82. The van der Waals surface area contributed by atoms with Crippen LogP contribution in [0, 0.1) is 0 Å². The summed E-state index contributed by atoms with van der Waals surface area (Å²) in [7, 11) is 2.02. The van der Waals surface area contributed by atoms with Gasteiger partial charge in [-0.1, -0.05) is 62.3 Å². The zero-order valence-electron chi connectivity index (χ0n) is 10.4. The molecule has 0 fully saturated rings. The van der Waals surface area contributed by atoms with Gasteiger partial charge in [0.1, 0.15) is 0 Å². The molecule has 0 atom stereocenters. The van der Waals surface area contributed by atoms with Gasteiger partial charge >= 0.3 is 0 Å². The van der Waals surface area contributed by atoms with Crippen LogP contribution in [0.15, 0.2) is 85.2 Å². The molecule has 1 rings (SSSR count). The molecular formula is C16H19N. The Labute approximate surface area is 104 Å². The Morgan fingerprint density at radius 2 is 1.41 bits per heavy atom. The van der Waals surface area contributed by atoms with Crippen LogP contribution in [-0.4, -0.2) is 18.5 Å². The quantitative estimate of drug-likeness (QED) is 0.606. The second-order valence-electron chi connectivity index (χ2n) is 3.93. The molecule has 88 valence electrons. The summed E-state index contributed by atoms with van der Waals surface area (Å²) in [4.78, 5) is 2.08. The normalized spacial score (nSPS) is 25.5. The first-order chi connectivity index (χ1) is 8.11. The summed E-state index contributed by atoms with van der Waals surface area (Å²) >= 11 is 0. The summed E-state index contributed by atoms with van der Waals surface area (Å²) in [6.45, 7) is 12.7. The fourth-order valence-corrected chi connectivity index (χ4v) is 1.27. The Bertz CT molecular complexity index is 430. The van der Waals surface area contributed by atoms with E-state index < -0.39 is 0 Å². The van der Waals surface area contributed by atoms with Gasteiger partial charge in [-0.25, -0.2) is 0 Å². The topological polar surface area (TPSA) is 3.24 Å². The molecular weight excluding hydrogens is 206 g/mol. The molecule has 0 bridgehead atoms. The fourth-order valence-electron chi connectivity index (χ4n) is 1.27. The van der Waals surface area contributed by atoms with Crippen LogP contribution in [0.3, 0.4) is 0 Å². The molecule has 1 nitrogen and oxygen atoms in total. The third kappa shape index (κ3) is 4.56. The molecule has 0 aromatic heterocycles. The molecule has 0 unspecified atom stereocenters. The fraction of sp³-hybridized carbons (Fsp3) is 0.125. The lowest BCUT2D eigenvalue weighted by Crippen LogP contribution is -2.15. The van der Waals surface area contributed by atoms with Gasteiger partial charge in [0.25, 0.3) is 0 Å². The van der Waals surface area contributed by atoms with Crippen molar-refractivity contribution in [2.75, 3.05) is 13.6 Å². The van der Waals surface area contributed by atoms with Crippen molar-refractivity contribution in [3.63, 3.8) is 0 Å². The van der Waals surface area contributed by atoms with Gasteiger partial charge in [-0.15, -0.1) is 0 Å². The summed E-state index contributed by atoms with van der Waals surface area (Å²) in [6.07, 6.45) is 15.9. The van der Waals surface area contributed by atoms with Crippen LogP contribution in [0.1, 0.15) is 0 Å². The zero-order valence-corrected chi connectivity index (χ0v) is 10.4. The molecule has 0 aromatic carbocycles. The summed E-state index contributed by atoms with van der Waals surface area (Å²) in [6, 6.07) is 0. The van der Waals surface area contributed by atoms with Crippen LogP contribution < -0.4 is 0 Å². The van der Waals surface area contributed by atoms with Gasteiger partial charge in [-0.2, -0.15) is 0 Å². The number of hydrogen-bond acceptors (Lipinski definition) is 1. The predicted molar refractivity (Wildman–Crippen MR) is 76.6 cm³/mol. The maximum atomic E-state index is 3.99. The van der Waals surface area contributed by atoms with Crippen LogP contribution >= 0.6 is 0 Å². The van der Waals surface area contributed by atoms with E-state index in [1.165, 1.54) is 0 Å². The minimum atomic E-state index is 0.838. The highest BCUT2D eigenvalue weighted by Gasteiger charge is 1.95. The molecule has 1 heterocycles. The number of likely N-dealkylation sites (N-methyl/N-ethyl adjacent to an activating group) is 1. The minimum Gasteiger partial charge on any atom is -0.371 e. The Morgan fingerprint density at radius 3 is 2.06 bits per heavy atom. The Morgan fingerprint density at radius 1 is 0.882 bits per heavy atom. The largest absolute Gasteiger partial charge is 0.371 e. The van der Waals surface area contributed by atoms with Gasteiger partial charge in [0.15, 0.2) is 0 Å². The average Bonchev–Trinajstić information content (AvgIpc) is 2.32. The molecule has 0 amide bonds. The lowest BCUT2D eigenvalue weighted by Gasteiger charge is -2.16.